The van der Waals surface area contributed by atoms with Gasteiger partial charge in [-0.15, -0.1) is 0 Å². The molecule has 1 aromatic heterocycles. The van der Waals surface area contributed by atoms with E-state index >= 15 is 0 Å². The first-order chi connectivity index (χ1) is 11.2. The predicted molar refractivity (Wildman–Crippen MR) is 93.0 cm³/mol. The van der Waals surface area contributed by atoms with E-state index in [0.29, 0.717) is 5.82 Å². The number of aliphatic hydroxyl groups is 1. The minimum absolute atomic E-state index is 0.629. The van der Waals surface area contributed by atoms with Crippen molar-refractivity contribution in [2.45, 2.75) is 13.2 Å². The molecule has 0 aliphatic carbocycles. The Morgan fingerprint density at radius 2 is 1.39 bits per heavy atom. The molecule has 0 aliphatic heterocycles. The zero-order valence-electron chi connectivity index (χ0n) is 13.2. The maximum Gasteiger partial charge on any atom is 0.149 e. The molecule has 2 aromatic carbocycles. The highest BCUT2D eigenvalue weighted by Gasteiger charge is 2.15. The third-order valence-electron chi connectivity index (χ3n) is 3.78. The minimum Gasteiger partial charge on any atom is -0.374 e. The van der Waals surface area contributed by atoms with Crippen molar-refractivity contribution in [3.63, 3.8) is 0 Å². The van der Waals surface area contributed by atoms with Crippen LogP contribution in [-0.4, -0.2) is 28.4 Å². The van der Waals surface area contributed by atoms with Crippen LogP contribution >= 0.6 is 0 Å². The van der Waals surface area contributed by atoms with Gasteiger partial charge < -0.3 is 10.0 Å². The van der Waals surface area contributed by atoms with Crippen LogP contribution in [0.25, 0.3) is 22.5 Å². The van der Waals surface area contributed by atoms with Crippen LogP contribution in [0.1, 0.15) is 6.92 Å². The summed E-state index contributed by atoms with van der Waals surface area (Å²) in [6, 6.07) is 20.0. The van der Waals surface area contributed by atoms with Gasteiger partial charge in [0.2, 0.25) is 0 Å². The smallest absolute Gasteiger partial charge is 0.149 e. The Bertz CT molecular complexity index is 773. The lowest BCUT2D eigenvalue weighted by Gasteiger charge is -2.22. The zero-order valence-corrected chi connectivity index (χ0v) is 13.2. The molecule has 0 amide bonds. The summed E-state index contributed by atoms with van der Waals surface area (Å²) in [5, 5.41) is 9.78. The zero-order chi connectivity index (χ0) is 16.2. The molecule has 0 saturated carbocycles. The first-order valence-corrected chi connectivity index (χ1v) is 7.55. The van der Waals surface area contributed by atoms with Crippen molar-refractivity contribution >= 4 is 5.82 Å². The largest absolute Gasteiger partial charge is 0.374 e. The summed E-state index contributed by atoms with van der Waals surface area (Å²) in [7, 11) is 1.80. The number of anilines is 1. The van der Waals surface area contributed by atoms with Crippen molar-refractivity contribution in [1.29, 1.82) is 0 Å². The number of hydrogen-bond donors (Lipinski definition) is 1. The summed E-state index contributed by atoms with van der Waals surface area (Å²) in [5.41, 5.74) is 3.66. The Balaban J connectivity index is 2.17. The van der Waals surface area contributed by atoms with E-state index < -0.39 is 6.23 Å². The van der Waals surface area contributed by atoms with Gasteiger partial charge in [0.15, 0.2) is 0 Å². The van der Waals surface area contributed by atoms with Crippen LogP contribution in [0.5, 0.6) is 0 Å². The second-order valence-electron chi connectivity index (χ2n) is 5.40. The number of aromatic nitrogens is 2. The molecule has 23 heavy (non-hydrogen) atoms. The molecule has 3 aromatic rings. The fourth-order valence-corrected chi connectivity index (χ4v) is 2.35. The molecule has 1 unspecified atom stereocenters. The van der Waals surface area contributed by atoms with E-state index in [1.54, 1.807) is 25.1 Å². The lowest BCUT2D eigenvalue weighted by molar-refractivity contribution is 0.194. The summed E-state index contributed by atoms with van der Waals surface area (Å²) in [4.78, 5) is 11.0. The van der Waals surface area contributed by atoms with Crippen molar-refractivity contribution in [3.05, 3.63) is 66.9 Å². The molecule has 116 valence electrons. The summed E-state index contributed by atoms with van der Waals surface area (Å²) in [5.74, 6) is 0.638. The summed E-state index contributed by atoms with van der Waals surface area (Å²) >= 11 is 0. The van der Waals surface area contributed by atoms with Crippen molar-refractivity contribution in [2.75, 3.05) is 11.9 Å². The Morgan fingerprint density at radius 1 is 0.870 bits per heavy atom. The number of hydrogen-bond acceptors (Lipinski definition) is 4. The third kappa shape index (κ3) is 3.22. The molecule has 1 heterocycles. The molecule has 4 heteroatoms. The van der Waals surface area contributed by atoms with Gasteiger partial charge >= 0.3 is 0 Å². The Kier molecular flexibility index (Phi) is 4.35. The molecule has 0 spiro atoms. The Morgan fingerprint density at radius 3 is 1.91 bits per heavy atom. The quantitative estimate of drug-likeness (QED) is 0.748. The predicted octanol–water partition coefficient (Wildman–Crippen LogP) is 3.59. The van der Waals surface area contributed by atoms with E-state index in [4.69, 9.17) is 4.98 Å². The first kappa shape index (κ1) is 15.2. The second kappa shape index (κ2) is 6.58. The number of nitrogens with zero attached hydrogens (tertiary/aromatic N) is 3. The number of benzene rings is 2. The summed E-state index contributed by atoms with van der Waals surface area (Å²) in [6.45, 7) is 1.70. The molecule has 0 bridgehead atoms. The van der Waals surface area contributed by atoms with Crippen LogP contribution in [0.15, 0.2) is 66.9 Å². The van der Waals surface area contributed by atoms with E-state index in [-0.39, 0.29) is 0 Å². The van der Waals surface area contributed by atoms with E-state index in [2.05, 4.69) is 4.98 Å². The van der Waals surface area contributed by atoms with E-state index in [0.717, 1.165) is 22.5 Å². The van der Waals surface area contributed by atoms with E-state index in [1.165, 1.54) is 0 Å². The molecule has 4 nitrogen and oxygen atoms in total. The first-order valence-electron chi connectivity index (χ1n) is 7.55. The summed E-state index contributed by atoms with van der Waals surface area (Å²) in [6.07, 6.45) is 1.07. The average Bonchev–Trinajstić information content (AvgIpc) is 2.62. The van der Waals surface area contributed by atoms with Crippen LogP contribution in [0, 0.1) is 0 Å². The van der Waals surface area contributed by atoms with Gasteiger partial charge in [-0.2, -0.15) is 0 Å². The molecular formula is C19H19N3O. The van der Waals surface area contributed by atoms with Gasteiger partial charge in [-0.25, -0.2) is 4.98 Å². The van der Waals surface area contributed by atoms with Crippen LogP contribution in [-0.2, 0) is 0 Å². The van der Waals surface area contributed by atoms with Crippen molar-refractivity contribution < 1.29 is 5.11 Å². The van der Waals surface area contributed by atoms with Gasteiger partial charge in [0, 0.05) is 18.2 Å². The molecule has 1 atom stereocenters. The SMILES string of the molecule is CC(O)N(C)c1cnc(-c2ccccc2)c(-c2ccccc2)n1. The van der Waals surface area contributed by atoms with E-state index in [1.807, 2.05) is 60.7 Å². The molecule has 3 rings (SSSR count). The molecule has 0 aliphatic rings. The maximum absolute atomic E-state index is 9.78. The van der Waals surface area contributed by atoms with Gasteiger partial charge in [-0.05, 0) is 6.92 Å². The molecule has 0 saturated heterocycles. The molecule has 1 N–H and O–H groups in total. The molecule has 0 fully saturated rings. The Hall–Kier alpha value is -2.72. The van der Waals surface area contributed by atoms with Crippen molar-refractivity contribution in [1.82, 2.24) is 9.97 Å². The van der Waals surface area contributed by atoms with Crippen LogP contribution in [0.4, 0.5) is 5.82 Å². The maximum atomic E-state index is 9.78. The summed E-state index contributed by atoms with van der Waals surface area (Å²) < 4.78 is 0. The van der Waals surface area contributed by atoms with Gasteiger partial charge in [-0.1, -0.05) is 60.7 Å². The van der Waals surface area contributed by atoms with Gasteiger partial charge in [0.1, 0.15) is 12.0 Å². The van der Waals surface area contributed by atoms with Crippen molar-refractivity contribution in [2.24, 2.45) is 0 Å². The average molecular weight is 305 g/mol. The second-order valence-corrected chi connectivity index (χ2v) is 5.40. The Labute approximate surface area is 136 Å². The van der Waals surface area contributed by atoms with Crippen LogP contribution < -0.4 is 4.90 Å². The van der Waals surface area contributed by atoms with Gasteiger partial charge in [0.05, 0.1) is 17.6 Å². The fraction of sp³-hybridized carbons (Fsp3) is 0.158. The number of rotatable bonds is 4. The normalized spacial score (nSPS) is 12.0. The highest BCUT2D eigenvalue weighted by molar-refractivity contribution is 5.78. The third-order valence-corrected chi connectivity index (χ3v) is 3.78. The standard InChI is InChI=1S/C19H19N3O/c1-14(23)22(2)17-13-20-18(15-9-5-3-6-10-15)19(21-17)16-11-7-4-8-12-16/h3-14,23H,1-2H3. The monoisotopic (exact) mass is 305 g/mol. The highest BCUT2D eigenvalue weighted by Crippen LogP contribution is 2.30. The molecule has 0 radical (unpaired) electrons. The topological polar surface area (TPSA) is 49.2 Å². The van der Waals surface area contributed by atoms with Crippen LogP contribution in [0.2, 0.25) is 0 Å². The van der Waals surface area contributed by atoms with Crippen molar-refractivity contribution in [3.8, 4) is 22.5 Å². The fourth-order valence-electron chi connectivity index (χ4n) is 2.35. The minimum atomic E-state index is -0.629. The lowest BCUT2D eigenvalue weighted by Crippen LogP contribution is -2.29. The highest BCUT2D eigenvalue weighted by atomic mass is 16.3. The van der Waals surface area contributed by atoms with Crippen LogP contribution in [0.3, 0.4) is 0 Å². The van der Waals surface area contributed by atoms with Gasteiger partial charge in [0.25, 0.3) is 0 Å². The number of aliphatic hydroxyl groups excluding tert-OH is 1. The van der Waals surface area contributed by atoms with E-state index in [9.17, 15) is 5.11 Å². The molecular weight excluding hydrogens is 286 g/mol. The lowest BCUT2D eigenvalue weighted by atomic mass is 10.0. The van der Waals surface area contributed by atoms with Gasteiger partial charge in [-0.3, -0.25) is 4.98 Å².